The maximum atomic E-state index is 10.7. The molecule has 1 fully saturated rings. The lowest BCUT2D eigenvalue weighted by atomic mass is 9.77. The molecule has 1 rings (SSSR count). The summed E-state index contributed by atoms with van der Waals surface area (Å²) in [7, 11) is 0. The maximum absolute atomic E-state index is 10.7. The van der Waals surface area contributed by atoms with E-state index >= 15 is 0 Å². The molecule has 2 nitrogen and oxygen atoms in total. The fourth-order valence-electron chi connectivity index (χ4n) is 3.29. The third kappa shape index (κ3) is 1.96. The Balaban J connectivity index is 2.83. The molecule has 3 unspecified atom stereocenters. The maximum Gasteiger partial charge on any atom is 0.0718 e. The summed E-state index contributed by atoms with van der Waals surface area (Å²) in [4.78, 5) is 0. The van der Waals surface area contributed by atoms with Gasteiger partial charge in [0.1, 0.15) is 0 Å². The summed E-state index contributed by atoms with van der Waals surface area (Å²) >= 11 is 0. The van der Waals surface area contributed by atoms with Crippen molar-refractivity contribution in [3.05, 3.63) is 0 Å². The molecule has 84 valence electrons. The molecule has 14 heavy (non-hydrogen) atoms. The van der Waals surface area contributed by atoms with Gasteiger partial charge in [0.05, 0.1) is 5.60 Å². The van der Waals surface area contributed by atoms with E-state index in [0.29, 0.717) is 12.5 Å². The van der Waals surface area contributed by atoms with Gasteiger partial charge in [-0.25, -0.2) is 0 Å². The van der Waals surface area contributed by atoms with Crippen molar-refractivity contribution < 1.29 is 5.11 Å². The van der Waals surface area contributed by atoms with Crippen molar-refractivity contribution in [1.29, 1.82) is 0 Å². The lowest BCUT2D eigenvalue weighted by molar-refractivity contribution is -0.0489. The third-order valence-corrected chi connectivity index (χ3v) is 3.96. The Bertz CT molecular complexity index is 198. The Kier molecular flexibility index (Phi) is 3.27. The first-order valence-electron chi connectivity index (χ1n) is 5.78. The summed E-state index contributed by atoms with van der Waals surface area (Å²) in [6.07, 6.45) is 2.99. The van der Waals surface area contributed by atoms with Gasteiger partial charge in [-0.3, -0.25) is 0 Å². The molecule has 0 spiro atoms. The van der Waals surface area contributed by atoms with Crippen LogP contribution in [0.5, 0.6) is 0 Å². The minimum atomic E-state index is -0.521. The average Bonchev–Trinajstić information content (AvgIpc) is 2.23. The molecule has 0 bridgehead atoms. The van der Waals surface area contributed by atoms with Crippen molar-refractivity contribution in [2.24, 2.45) is 23.0 Å². The largest absolute Gasteiger partial charge is 0.389 e. The highest BCUT2D eigenvalue weighted by Gasteiger charge is 2.50. The molecule has 1 aliphatic rings. The first-order chi connectivity index (χ1) is 6.35. The van der Waals surface area contributed by atoms with Crippen LogP contribution in [0.15, 0.2) is 0 Å². The summed E-state index contributed by atoms with van der Waals surface area (Å²) < 4.78 is 0. The van der Waals surface area contributed by atoms with E-state index in [0.717, 1.165) is 19.3 Å². The van der Waals surface area contributed by atoms with E-state index in [4.69, 9.17) is 5.73 Å². The zero-order valence-electron chi connectivity index (χ0n) is 10.0. The van der Waals surface area contributed by atoms with Crippen LogP contribution in [0.25, 0.3) is 0 Å². The molecule has 0 aromatic rings. The lowest BCUT2D eigenvalue weighted by Crippen LogP contribution is -2.44. The van der Waals surface area contributed by atoms with Crippen molar-refractivity contribution in [2.45, 2.75) is 52.6 Å². The standard InChI is InChI=1S/C12H25NO/c1-5-10(7-13)12(14)8-11(3,4)6-9(12)2/h9-10,14H,5-8,13H2,1-4H3. The highest BCUT2D eigenvalue weighted by molar-refractivity contribution is 5.01. The van der Waals surface area contributed by atoms with E-state index in [-0.39, 0.29) is 11.3 Å². The molecule has 0 radical (unpaired) electrons. The molecule has 0 heterocycles. The normalized spacial score (nSPS) is 38.6. The Morgan fingerprint density at radius 3 is 2.36 bits per heavy atom. The van der Waals surface area contributed by atoms with Gasteiger partial charge in [0, 0.05) is 0 Å². The molecule has 3 atom stereocenters. The zero-order chi connectivity index (χ0) is 11.0. The van der Waals surface area contributed by atoms with Crippen molar-refractivity contribution >= 4 is 0 Å². The topological polar surface area (TPSA) is 46.2 Å². The molecular formula is C12H25NO. The van der Waals surface area contributed by atoms with Gasteiger partial charge < -0.3 is 10.8 Å². The molecule has 0 amide bonds. The van der Waals surface area contributed by atoms with Crippen LogP contribution in [0.2, 0.25) is 0 Å². The third-order valence-electron chi connectivity index (χ3n) is 3.96. The Morgan fingerprint density at radius 2 is 2.07 bits per heavy atom. The van der Waals surface area contributed by atoms with E-state index in [9.17, 15) is 5.11 Å². The molecule has 0 saturated heterocycles. The van der Waals surface area contributed by atoms with Crippen LogP contribution in [0.1, 0.15) is 47.0 Å². The van der Waals surface area contributed by atoms with Crippen molar-refractivity contribution in [3.8, 4) is 0 Å². The van der Waals surface area contributed by atoms with Crippen LogP contribution < -0.4 is 5.73 Å². The fourth-order valence-corrected chi connectivity index (χ4v) is 3.29. The van der Waals surface area contributed by atoms with E-state index in [1.807, 2.05) is 0 Å². The molecule has 0 aromatic carbocycles. The Hall–Kier alpha value is -0.0800. The lowest BCUT2D eigenvalue weighted by Gasteiger charge is -2.36. The van der Waals surface area contributed by atoms with E-state index < -0.39 is 5.60 Å². The van der Waals surface area contributed by atoms with Gasteiger partial charge in [-0.1, -0.05) is 27.7 Å². The number of aliphatic hydroxyl groups is 1. The molecule has 0 aliphatic heterocycles. The number of rotatable bonds is 3. The minimum Gasteiger partial charge on any atom is -0.389 e. The SMILES string of the molecule is CCC(CN)C1(O)CC(C)(C)CC1C. The quantitative estimate of drug-likeness (QED) is 0.731. The van der Waals surface area contributed by atoms with Crippen LogP contribution in [0.4, 0.5) is 0 Å². The van der Waals surface area contributed by atoms with Crippen LogP contribution in [0.3, 0.4) is 0 Å². The van der Waals surface area contributed by atoms with Gasteiger partial charge in [0.15, 0.2) is 0 Å². The smallest absolute Gasteiger partial charge is 0.0718 e. The first kappa shape index (κ1) is 12.0. The van der Waals surface area contributed by atoms with Crippen molar-refractivity contribution in [3.63, 3.8) is 0 Å². The van der Waals surface area contributed by atoms with Gasteiger partial charge in [-0.15, -0.1) is 0 Å². The predicted molar refractivity (Wildman–Crippen MR) is 60.0 cm³/mol. The van der Waals surface area contributed by atoms with Gasteiger partial charge in [0.25, 0.3) is 0 Å². The van der Waals surface area contributed by atoms with Crippen LogP contribution in [-0.2, 0) is 0 Å². The average molecular weight is 199 g/mol. The number of nitrogens with two attached hydrogens (primary N) is 1. The summed E-state index contributed by atoms with van der Waals surface area (Å²) in [5.41, 5.74) is 5.49. The second kappa shape index (κ2) is 3.82. The van der Waals surface area contributed by atoms with E-state index in [2.05, 4.69) is 27.7 Å². The second-order valence-electron chi connectivity index (χ2n) is 5.78. The zero-order valence-corrected chi connectivity index (χ0v) is 10.0. The van der Waals surface area contributed by atoms with Crippen LogP contribution in [-0.4, -0.2) is 17.3 Å². The molecule has 2 heteroatoms. The van der Waals surface area contributed by atoms with Crippen LogP contribution >= 0.6 is 0 Å². The van der Waals surface area contributed by atoms with Gasteiger partial charge in [0.2, 0.25) is 0 Å². The number of hydrogen-bond acceptors (Lipinski definition) is 2. The monoisotopic (exact) mass is 199 g/mol. The molecule has 3 N–H and O–H groups in total. The predicted octanol–water partition coefficient (Wildman–Crippen LogP) is 2.16. The summed E-state index contributed by atoms with van der Waals surface area (Å²) in [6, 6.07) is 0. The van der Waals surface area contributed by atoms with Crippen molar-refractivity contribution in [2.75, 3.05) is 6.54 Å². The molecule has 1 saturated carbocycles. The van der Waals surface area contributed by atoms with Crippen LogP contribution in [0, 0.1) is 17.3 Å². The van der Waals surface area contributed by atoms with Gasteiger partial charge in [-0.05, 0) is 43.1 Å². The Morgan fingerprint density at radius 1 is 1.50 bits per heavy atom. The summed E-state index contributed by atoms with van der Waals surface area (Å²) in [5, 5.41) is 10.7. The minimum absolute atomic E-state index is 0.263. The number of hydrogen-bond donors (Lipinski definition) is 2. The summed E-state index contributed by atoms with van der Waals surface area (Å²) in [6.45, 7) is 9.36. The van der Waals surface area contributed by atoms with Gasteiger partial charge >= 0.3 is 0 Å². The Labute approximate surface area is 87.9 Å². The van der Waals surface area contributed by atoms with Gasteiger partial charge in [-0.2, -0.15) is 0 Å². The highest BCUT2D eigenvalue weighted by atomic mass is 16.3. The van der Waals surface area contributed by atoms with E-state index in [1.54, 1.807) is 0 Å². The first-order valence-corrected chi connectivity index (χ1v) is 5.78. The van der Waals surface area contributed by atoms with E-state index in [1.165, 1.54) is 0 Å². The van der Waals surface area contributed by atoms with Crippen molar-refractivity contribution in [1.82, 2.24) is 0 Å². The highest BCUT2D eigenvalue weighted by Crippen LogP contribution is 2.51. The molecule has 0 aromatic heterocycles. The molecular weight excluding hydrogens is 174 g/mol. The second-order valence-corrected chi connectivity index (χ2v) is 5.78. The molecule has 1 aliphatic carbocycles. The fraction of sp³-hybridized carbons (Fsp3) is 1.00. The summed E-state index contributed by atoms with van der Waals surface area (Å²) in [5.74, 6) is 0.644.